The molecule has 0 aliphatic carbocycles. The lowest BCUT2D eigenvalue weighted by Gasteiger charge is -2.26. The van der Waals surface area contributed by atoms with Gasteiger partial charge in [0.2, 0.25) is 0 Å². The van der Waals surface area contributed by atoms with Gasteiger partial charge in [-0.3, -0.25) is 0 Å². The van der Waals surface area contributed by atoms with E-state index in [1.165, 1.54) is 30.4 Å². The van der Waals surface area contributed by atoms with Gasteiger partial charge in [0.1, 0.15) is 11.5 Å². The molecule has 0 aliphatic heterocycles. The molecule has 0 unspecified atom stereocenters. The van der Waals surface area contributed by atoms with Crippen LogP contribution < -0.4 is 9.47 Å². The molecule has 0 radical (unpaired) electrons. The largest absolute Gasteiger partial charge is 0.494 e. The van der Waals surface area contributed by atoms with Crippen LogP contribution in [0.15, 0.2) is 48.5 Å². The van der Waals surface area contributed by atoms with E-state index in [0.717, 1.165) is 18.1 Å². The summed E-state index contributed by atoms with van der Waals surface area (Å²) in [5, 5.41) is 0. The smallest absolute Gasteiger partial charge is 0.119 e. The molecule has 0 spiro atoms. The third-order valence-electron chi connectivity index (χ3n) is 4.73. The molecule has 2 aromatic rings. The van der Waals surface area contributed by atoms with Gasteiger partial charge in [-0.05, 0) is 55.7 Å². The average molecular weight is 387 g/mol. The molecule has 0 heterocycles. The van der Waals surface area contributed by atoms with Crippen molar-refractivity contribution in [2.24, 2.45) is 0 Å². The molecule has 156 valence electrons. The van der Waals surface area contributed by atoms with E-state index < -0.39 is 0 Å². The maximum atomic E-state index is 5.51. The minimum absolute atomic E-state index is 0.0461. The number of methoxy groups -OCH3 is 1. The minimum Gasteiger partial charge on any atom is -0.494 e. The van der Waals surface area contributed by atoms with Crippen molar-refractivity contribution < 1.29 is 14.2 Å². The summed E-state index contributed by atoms with van der Waals surface area (Å²) in [6.07, 6.45) is 3.80. The molecule has 0 aliphatic rings. The molecular weight excluding hydrogens is 348 g/mol. The Labute approximate surface area is 172 Å². The Kier molecular flexibility index (Phi) is 11.4. The second-order valence-corrected chi connectivity index (χ2v) is 7.24. The Morgan fingerprint density at radius 1 is 0.679 bits per heavy atom. The van der Waals surface area contributed by atoms with Crippen molar-refractivity contribution in [3.05, 3.63) is 59.7 Å². The highest BCUT2D eigenvalue weighted by molar-refractivity contribution is 5.41. The highest BCUT2D eigenvalue weighted by Gasteiger charge is 2.23. The molecule has 0 saturated carbocycles. The van der Waals surface area contributed by atoms with Crippen LogP contribution >= 0.6 is 0 Å². The number of benzene rings is 2. The predicted octanol–water partition coefficient (Wildman–Crippen LogP) is 6.63. The summed E-state index contributed by atoms with van der Waals surface area (Å²) in [6.45, 7) is 13.0. The van der Waals surface area contributed by atoms with Gasteiger partial charge in [0.05, 0.1) is 13.2 Å². The number of unbranched alkanes of at least 4 members (excludes halogenated alkanes) is 2. The minimum atomic E-state index is -0.0461. The standard InChI is InChI=1S/C19H24O2.C6H14O/c1-5-20-17-11-7-15(8-12-17)19(3,4)16-9-13-18(14-10-16)21-6-2;1-3-4-5-6-7-2/h7-14H,5-6H2,1-4H3;3-6H2,1-2H3. The summed E-state index contributed by atoms with van der Waals surface area (Å²) in [5.41, 5.74) is 2.50. The molecule has 3 nitrogen and oxygen atoms in total. The molecule has 0 amide bonds. The second kappa shape index (κ2) is 13.2. The quantitative estimate of drug-likeness (QED) is 0.429. The third-order valence-corrected chi connectivity index (χ3v) is 4.73. The van der Waals surface area contributed by atoms with E-state index in [1.54, 1.807) is 7.11 Å². The fourth-order valence-corrected chi connectivity index (χ4v) is 2.93. The van der Waals surface area contributed by atoms with Crippen molar-refractivity contribution in [2.45, 2.75) is 59.3 Å². The van der Waals surface area contributed by atoms with Gasteiger partial charge in [0, 0.05) is 19.1 Å². The lowest BCUT2D eigenvalue weighted by Crippen LogP contribution is -2.18. The Morgan fingerprint density at radius 3 is 1.43 bits per heavy atom. The van der Waals surface area contributed by atoms with Crippen molar-refractivity contribution in [1.82, 2.24) is 0 Å². The maximum Gasteiger partial charge on any atom is 0.119 e. The Bertz CT molecular complexity index is 574. The van der Waals surface area contributed by atoms with Gasteiger partial charge in [-0.1, -0.05) is 57.9 Å². The van der Waals surface area contributed by atoms with Crippen molar-refractivity contribution >= 4 is 0 Å². The highest BCUT2D eigenvalue weighted by Crippen LogP contribution is 2.33. The number of ether oxygens (including phenoxy) is 3. The van der Waals surface area contributed by atoms with Crippen molar-refractivity contribution in [2.75, 3.05) is 26.9 Å². The van der Waals surface area contributed by atoms with Crippen molar-refractivity contribution in [3.8, 4) is 11.5 Å². The molecule has 3 heteroatoms. The number of rotatable bonds is 10. The van der Waals surface area contributed by atoms with E-state index >= 15 is 0 Å². The van der Waals surface area contributed by atoms with E-state index in [1.807, 2.05) is 38.1 Å². The predicted molar refractivity (Wildman–Crippen MR) is 119 cm³/mol. The molecule has 0 saturated heterocycles. The first-order chi connectivity index (χ1) is 13.5. The number of hydrogen-bond donors (Lipinski definition) is 0. The zero-order valence-electron chi connectivity index (χ0n) is 18.6. The summed E-state index contributed by atoms with van der Waals surface area (Å²) in [6, 6.07) is 16.7. The summed E-state index contributed by atoms with van der Waals surface area (Å²) < 4.78 is 15.9. The molecule has 0 aromatic heterocycles. The summed E-state index contributed by atoms with van der Waals surface area (Å²) >= 11 is 0. The second-order valence-electron chi connectivity index (χ2n) is 7.24. The van der Waals surface area contributed by atoms with Gasteiger partial charge < -0.3 is 14.2 Å². The monoisotopic (exact) mass is 386 g/mol. The van der Waals surface area contributed by atoms with Crippen LogP contribution in [0.2, 0.25) is 0 Å². The summed E-state index contributed by atoms with van der Waals surface area (Å²) in [7, 11) is 1.75. The average Bonchev–Trinajstić information content (AvgIpc) is 2.70. The zero-order chi connectivity index (χ0) is 20.8. The Balaban J connectivity index is 0.000000480. The van der Waals surface area contributed by atoms with Gasteiger partial charge in [0.25, 0.3) is 0 Å². The number of hydrogen-bond acceptors (Lipinski definition) is 3. The van der Waals surface area contributed by atoms with E-state index in [4.69, 9.17) is 14.2 Å². The van der Waals surface area contributed by atoms with E-state index in [0.29, 0.717) is 13.2 Å². The lowest BCUT2D eigenvalue weighted by molar-refractivity contribution is 0.192. The van der Waals surface area contributed by atoms with Crippen LogP contribution in [-0.4, -0.2) is 26.9 Å². The molecule has 0 bridgehead atoms. The first-order valence-corrected chi connectivity index (χ1v) is 10.4. The van der Waals surface area contributed by atoms with Crippen LogP contribution in [0.3, 0.4) is 0 Å². The van der Waals surface area contributed by atoms with Gasteiger partial charge in [-0.2, -0.15) is 0 Å². The van der Waals surface area contributed by atoms with Crippen LogP contribution in [0, 0.1) is 0 Å². The highest BCUT2D eigenvalue weighted by atomic mass is 16.5. The molecule has 2 rings (SSSR count). The van der Waals surface area contributed by atoms with Gasteiger partial charge in [-0.25, -0.2) is 0 Å². The van der Waals surface area contributed by atoms with Crippen molar-refractivity contribution in [3.63, 3.8) is 0 Å². The van der Waals surface area contributed by atoms with Gasteiger partial charge in [0.15, 0.2) is 0 Å². The maximum absolute atomic E-state index is 5.51. The van der Waals surface area contributed by atoms with Crippen LogP contribution in [0.1, 0.15) is 65.0 Å². The van der Waals surface area contributed by atoms with Crippen LogP contribution in [-0.2, 0) is 10.2 Å². The first kappa shape index (κ1) is 24.0. The SMILES string of the molecule is CCCCCOC.CCOc1ccc(C(C)(C)c2ccc(OCC)cc2)cc1. The van der Waals surface area contributed by atoms with Crippen LogP contribution in [0.4, 0.5) is 0 Å². The lowest BCUT2D eigenvalue weighted by atomic mass is 9.78. The van der Waals surface area contributed by atoms with E-state index in [2.05, 4.69) is 45.0 Å². The van der Waals surface area contributed by atoms with E-state index in [-0.39, 0.29) is 5.41 Å². The Hall–Kier alpha value is -2.00. The first-order valence-electron chi connectivity index (χ1n) is 10.4. The van der Waals surface area contributed by atoms with Crippen LogP contribution in [0.25, 0.3) is 0 Å². The summed E-state index contributed by atoms with van der Waals surface area (Å²) in [5.74, 6) is 1.84. The van der Waals surface area contributed by atoms with E-state index in [9.17, 15) is 0 Å². The molecule has 0 N–H and O–H groups in total. The molecule has 2 aromatic carbocycles. The normalized spacial score (nSPS) is 10.8. The molecular formula is C25H38O3. The molecule has 28 heavy (non-hydrogen) atoms. The summed E-state index contributed by atoms with van der Waals surface area (Å²) in [4.78, 5) is 0. The van der Waals surface area contributed by atoms with Crippen molar-refractivity contribution in [1.29, 1.82) is 0 Å². The van der Waals surface area contributed by atoms with Gasteiger partial charge >= 0.3 is 0 Å². The third kappa shape index (κ3) is 7.93. The zero-order valence-corrected chi connectivity index (χ0v) is 18.6. The fraction of sp³-hybridized carbons (Fsp3) is 0.520. The fourth-order valence-electron chi connectivity index (χ4n) is 2.93. The molecule has 0 fully saturated rings. The Morgan fingerprint density at radius 2 is 1.11 bits per heavy atom. The topological polar surface area (TPSA) is 27.7 Å². The molecule has 0 atom stereocenters. The van der Waals surface area contributed by atoms with Crippen LogP contribution in [0.5, 0.6) is 11.5 Å². The van der Waals surface area contributed by atoms with Gasteiger partial charge in [-0.15, -0.1) is 0 Å².